The van der Waals surface area contributed by atoms with Gasteiger partial charge in [-0.2, -0.15) is 0 Å². The molecule has 0 aliphatic heterocycles. The van der Waals surface area contributed by atoms with Crippen LogP contribution in [0.15, 0.2) is 24.3 Å². The molecule has 1 aromatic rings. The van der Waals surface area contributed by atoms with Crippen LogP contribution in [0.3, 0.4) is 0 Å². The highest BCUT2D eigenvalue weighted by atomic mass is 14.6. The maximum absolute atomic E-state index is 7.15. The molecular formula is C6H7N. The van der Waals surface area contributed by atoms with Gasteiger partial charge in [-0.25, -0.2) is 0 Å². The van der Waals surface area contributed by atoms with E-state index in [0.29, 0.717) is 0 Å². The fraction of sp³-hybridized carbons (Fsp3) is 0.167. The minimum absolute atomic E-state index is 0.00104. The van der Waals surface area contributed by atoms with Crippen molar-refractivity contribution in [2.45, 2.75) is 6.85 Å². The Hall–Kier alpha value is -0.850. The van der Waals surface area contributed by atoms with Gasteiger partial charge in [0.15, 0.2) is 0 Å². The van der Waals surface area contributed by atoms with Crippen LogP contribution in [0.25, 0.3) is 0 Å². The monoisotopic (exact) mass is 98.1 g/mol. The summed E-state index contributed by atoms with van der Waals surface area (Å²) >= 11 is 0. The van der Waals surface area contributed by atoms with Crippen LogP contribution in [0.1, 0.15) is 12.5 Å². The first kappa shape index (κ1) is 1.31. The lowest BCUT2D eigenvalue weighted by Gasteiger charge is -1.82. The molecule has 0 radical (unpaired) electrons. The van der Waals surface area contributed by atoms with Gasteiger partial charge in [-0.1, -0.05) is 6.04 Å². The van der Waals surface area contributed by atoms with E-state index in [9.17, 15) is 0 Å². The number of aromatic nitrogens is 1. The standard InChI is InChI=1S/C6H7N/c1-6-4-2-3-5-7-6/h2-5H,1H3/i1D3,2D,5D. The highest BCUT2D eigenvalue weighted by molar-refractivity contribution is 4.99. The zero-order valence-electron chi connectivity index (χ0n) is 8.60. The third-order valence-electron chi connectivity index (χ3n) is 0.553. The van der Waals surface area contributed by atoms with Crippen LogP contribution < -0.4 is 0 Å². The summed E-state index contributed by atoms with van der Waals surface area (Å²) in [6.45, 7) is -2.33. The molecule has 0 N–H and O–H groups in total. The molecule has 1 nitrogen and oxygen atoms in total. The van der Waals surface area contributed by atoms with Gasteiger partial charge in [0.05, 0.1) is 2.74 Å². The summed E-state index contributed by atoms with van der Waals surface area (Å²) in [5.74, 6) is 0. The molecule has 36 valence electrons. The van der Waals surface area contributed by atoms with E-state index in [2.05, 4.69) is 4.98 Å². The Morgan fingerprint density at radius 3 is 3.71 bits per heavy atom. The van der Waals surface area contributed by atoms with Gasteiger partial charge in [-0.05, 0) is 19.0 Å². The van der Waals surface area contributed by atoms with Crippen molar-refractivity contribution >= 4 is 0 Å². The molecule has 1 heteroatoms. The van der Waals surface area contributed by atoms with Crippen molar-refractivity contribution in [2.24, 2.45) is 0 Å². The Balaban J connectivity index is 3.18. The molecule has 0 aliphatic rings. The first-order chi connectivity index (χ1) is 5.39. The Labute approximate surface area is 50.0 Å². The van der Waals surface area contributed by atoms with Gasteiger partial charge in [0.25, 0.3) is 0 Å². The zero-order valence-corrected chi connectivity index (χ0v) is 3.60. The summed E-state index contributed by atoms with van der Waals surface area (Å²) in [4.78, 5) is 3.49. The third-order valence-corrected chi connectivity index (χ3v) is 0.553. The average molecular weight is 98.2 g/mol. The second-order valence-electron chi connectivity index (χ2n) is 1.08. The van der Waals surface area contributed by atoms with Crippen molar-refractivity contribution in [1.82, 2.24) is 4.98 Å². The number of hydrogen-bond donors (Lipinski definition) is 0. The quantitative estimate of drug-likeness (QED) is 0.478. The molecule has 0 spiro atoms. The predicted octanol–water partition coefficient (Wildman–Crippen LogP) is 1.39. The molecule has 0 aromatic carbocycles. The fourth-order valence-corrected chi connectivity index (χ4v) is 0.292. The average Bonchev–Trinajstić information content (AvgIpc) is 1.82. The number of nitrogens with zero attached hydrogens (tertiary/aromatic N) is 1. The molecule has 0 amide bonds. The molecule has 1 rings (SSSR count). The molecule has 0 saturated carbocycles. The zero-order chi connectivity index (χ0) is 9.35. The van der Waals surface area contributed by atoms with Crippen molar-refractivity contribution in [3.05, 3.63) is 30.0 Å². The number of aryl methyl sites for hydroxylation is 1. The third kappa shape index (κ3) is 1.000. The summed E-state index contributed by atoms with van der Waals surface area (Å²) in [5.41, 5.74) is -0.194. The van der Waals surface area contributed by atoms with Crippen LogP contribution in [0, 0.1) is 6.85 Å². The van der Waals surface area contributed by atoms with E-state index in [-0.39, 0.29) is 17.9 Å². The molecule has 1 aromatic heterocycles. The van der Waals surface area contributed by atoms with Gasteiger partial charge in [-0.3, -0.25) is 4.98 Å². The highest BCUT2D eigenvalue weighted by Gasteiger charge is 1.73. The molecule has 0 fully saturated rings. The summed E-state index contributed by atoms with van der Waals surface area (Å²) in [6, 6.07) is 2.33. The molecule has 0 aliphatic carbocycles. The summed E-state index contributed by atoms with van der Waals surface area (Å²) in [6.07, 6.45) is -0.186. The normalized spacial score (nSPS) is 20.9. The fourth-order valence-electron chi connectivity index (χ4n) is 0.292. The molecule has 0 atom stereocenters. The van der Waals surface area contributed by atoms with Crippen LogP contribution in [0.5, 0.6) is 0 Å². The second-order valence-corrected chi connectivity index (χ2v) is 1.08. The summed E-state index contributed by atoms with van der Waals surface area (Å²) in [5, 5.41) is 0. The van der Waals surface area contributed by atoms with Gasteiger partial charge < -0.3 is 0 Å². The van der Waals surface area contributed by atoms with Crippen LogP contribution in [-0.4, -0.2) is 4.98 Å². The summed E-state index contributed by atoms with van der Waals surface area (Å²) < 4.78 is 35.1. The van der Waals surface area contributed by atoms with Crippen LogP contribution in [0.4, 0.5) is 0 Å². The maximum Gasteiger partial charge on any atom is 0.0840 e. The van der Waals surface area contributed by atoms with Crippen LogP contribution >= 0.6 is 0 Å². The van der Waals surface area contributed by atoms with E-state index in [1.165, 1.54) is 6.07 Å². The van der Waals surface area contributed by atoms with Crippen LogP contribution in [-0.2, 0) is 0 Å². The number of hydrogen-bond acceptors (Lipinski definition) is 1. The molecule has 0 unspecified atom stereocenters. The Morgan fingerprint density at radius 2 is 3.00 bits per heavy atom. The first-order valence-corrected chi connectivity index (χ1v) is 1.85. The van der Waals surface area contributed by atoms with Crippen molar-refractivity contribution in [1.29, 1.82) is 0 Å². The van der Waals surface area contributed by atoms with Crippen molar-refractivity contribution in [2.75, 3.05) is 0 Å². The first-order valence-electron chi connectivity index (χ1n) is 4.35. The lowest BCUT2D eigenvalue weighted by molar-refractivity contribution is 1.20. The lowest BCUT2D eigenvalue weighted by atomic mass is 10.4. The van der Waals surface area contributed by atoms with Crippen LogP contribution in [0.2, 0.25) is 0 Å². The van der Waals surface area contributed by atoms with Crippen molar-refractivity contribution in [3.63, 3.8) is 0 Å². The minimum Gasteiger partial charge on any atom is -0.262 e. The van der Waals surface area contributed by atoms with E-state index < -0.39 is 6.85 Å². The number of rotatable bonds is 0. The summed E-state index contributed by atoms with van der Waals surface area (Å²) in [7, 11) is 0. The Bertz CT molecular complexity index is 272. The van der Waals surface area contributed by atoms with Gasteiger partial charge in [0.2, 0.25) is 0 Å². The molecule has 1 heterocycles. The van der Waals surface area contributed by atoms with Gasteiger partial charge in [0, 0.05) is 16.0 Å². The van der Waals surface area contributed by atoms with Gasteiger partial charge in [0.1, 0.15) is 0 Å². The van der Waals surface area contributed by atoms with Crippen molar-refractivity contribution < 1.29 is 6.85 Å². The molecule has 0 saturated heterocycles. The van der Waals surface area contributed by atoms with Crippen molar-refractivity contribution in [3.8, 4) is 0 Å². The molecule has 0 bridgehead atoms. The molecular weight excluding hydrogens is 86.1 g/mol. The van der Waals surface area contributed by atoms with Gasteiger partial charge in [-0.15, -0.1) is 0 Å². The van der Waals surface area contributed by atoms with E-state index in [1.54, 1.807) is 0 Å². The second kappa shape index (κ2) is 1.73. The largest absolute Gasteiger partial charge is 0.262 e. The minimum atomic E-state index is -2.33. The smallest absolute Gasteiger partial charge is 0.0840 e. The Kier molecular flexibility index (Phi) is 0.325. The maximum atomic E-state index is 7.15. The van der Waals surface area contributed by atoms with E-state index in [1.807, 2.05) is 0 Å². The Morgan fingerprint density at radius 1 is 2.00 bits per heavy atom. The van der Waals surface area contributed by atoms with E-state index in [4.69, 9.17) is 6.85 Å². The molecule has 7 heavy (non-hydrogen) atoms. The number of pyridine rings is 1. The highest BCUT2D eigenvalue weighted by Crippen LogP contribution is 1.85. The van der Waals surface area contributed by atoms with E-state index >= 15 is 0 Å². The lowest BCUT2D eigenvalue weighted by Crippen LogP contribution is -1.72. The topological polar surface area (TPSA) is 12.9 Å². The predicted molar refractivity (Wildman–Crippen MR) is 29.0 cm³/mol. The van der Waals surface area contributed by atoms with E-state index in [0.717, 1.165) is 6.07 Å². The SMILES string of the molecule is [2H]c1cc([2H])nc(C([2H])([2H])[2H])c1. The van der Waals surface area contributed by atoms with Gasteiger partial charge >= 0.3 is 0 Å².